The lowest BCUT2D eigenvalue weighted by atomic mass is 9.33. The molecule has 594 valence electrons. The first-order valence-electron chi connectivity index (χ1n) is 43.3. The molecule has 2 aliphatic rings. The number of hydrogen-bond acceptors (Lipinski definition) is 5. The highest BCUT2D eigenvalue weighted by molar-refractivity contribution is 7.26. The maximum absolute atomic E-state index is 7.07. The third-order valence-electron chi connectivity index (χ3n) is 26.0. The minimum absolute atomic E-state index is 0.150. The van der Waals surface area contributed by atoms with E-state index in [2.05, 4.69) is 441 Å². The molecule has 0 atom stereocenters. The van der Waals surface area contributed by atoms with Crippen LogP contribution in [0.25, 0.3) is 153 Å². The second kappa shape index (κ2) is 28.3. The third-order valence-corrected chi connectivity index (χ3v) is 27.1. The fraction of sp³-hybridized carbons (Fsp3) is 0.172. The summed E-state index contributed by atoms with van der Waals surface area (Å²) >= 11 is 1.88. The fourth-order valence-electron chi connectivity index (χ4n) is 19.4. The largest absolute Gasteiger partial charge is 0.456 e. The van der Waals surface area contributed by atoms with Crippen molar-refractivity contribution in [3.8, 4) is 89.0 Å². The topological polar surface area (TPSA) is 32.8 Å². The molecule has 0 unspecified atom stereocenters. The molecule has 2 aliphatic heterocycles. The first-order chi connectivity index (χ1) is 58.6. The molecule has 19 aromatic rings. The van der Waals surface area contributed by atoms with Gasteiger partial charge in [0.1, 0.15) is 22.3 Å². The Hall–Kier alpha value is -13.0. The summed E-state index contributed by atoms with van der Waals surface area (Å²) in [4.78, 5) is 5.55. The summed E-state index contributed by atoms with van der Waals surface area (Å²) in [5.74, 6) is 0. The van der Waals surface area contributed by atoms with Gasteiger partial charge in [-0.25, -0.2) is 0 Å². The predicted molar refractivity (Wildman–Crippen MR) is 525 cm³/mol. The molecule has 0 spiro atoms. The standard InChI is InChI=1S/C116H99BN2O2S/c1-112(2,3)79-59-78(60-80(63-79)113(4,5)6)74-52-54-94-97(62-74)119(111-92(85-44-32-49-103-107(85)88-41-26-29-47-101(88)121-103)66-82(115(10,11)12)67-93(111)86-45-33-51-105-108(86)89-42-27-30-50-104(89)122-105)99-69-83(116(13,14)15)68-98-109(99)117(94)95-61-73(77-57-75(70-34-19-16-20-35-70)56-76(58-77)71-36-21-17-22-37-71)53-55-96(95)118(98)110-90(72-38-23-18-24-39-72)64-81(114(7,8)9)65-91(110)84-43-31-48-102-106(84)87-40-25-28-46-100(87)120-102/h16-69H,1-15H3. The van der Waals surface area contributed by atoms with Gasteiger partial charge < -0.3 is 18.6 Å². The molecular weight excluding hydrogens is 1500 g/mol. The molecule has 3 aromatic heterocycles. The first kappa shape index (κ1) is 76.4. The summed E-state index contributed by atoms with van der Waals surface area (Å²) in [6.07, 6.45) is 0. The average Bonchev–Trinajstić information content (AvgIpc) is 0.923. The van der Waals surface area contributed by atoms with Gasteiger partial charge in [0.2, 0.25) is 0 Å². The van der Waals surface area contributed by atoms with E-state index in [9.17, 15) is 0 Å². The molecule has 0 saturated heterocycles. The molecule has 16 aromatic carbocycles. The van der Waals surface area contributed by atoms with Gasteiger partial charge in [0.25, 0.3) is 6.71 Å². The number of thiophene rings is 1. The third kappa shape index (κ3) is 12.8. The van der Waals surface area contributed by atoms with Gasteiger partial charge in [-0.3, -0.25) is 0 Å². The summed E-state index contributed by atoms with van der Waals surface area (Å²) in [6, 6.07) is 125. The lowest BCUT2D eigenvalue weighted by Crippen LogP contribution is -2.61. The van der Waals surface area contributed by atoms with Gasteiger partial charge in [-0.05, 0) is 241 Å². The highest BCUT2D eigenvalue weighted by Crippen LogP contribution is 2.59. The molecular formula is C116H99BN2O2S. The van der Waals surface area contributed by atoms with Gasteiger partial charge >= 0.3 is 0 Å². The number of anilines is 6. The van der Waals surface area contributed by atoms with Crippen LogP contribution in [0, 0.1) is 0 Å². The smallest absolute Gasteiger partial charge is 0.252 e. The first-order valence-corrected chi connectivity index (χ1v) is 44.1. The van der Waals surface area contributed by atoms with Crippen molar-refractivity contribution in [2.24, 2.45) is 0 Å². The van der Waals surface area contributed by atoms with Crippen molar-refractivity contribution in [2.75, 3.05) is 9.80 Å². The number of fused-ring (bicyclic) bond motifs is 13. The Bertz CT molecular complexity index is 7240. The molecule has 0 fully saturated rings. The van der Waals surface area contributed by atoms with E-state index in [4.69, 9.17) is 8.83 Å². The van der Waals surface area contributed by atoms with Gasteiger partial charge in [-0.1, -0.05) is 328 Å². The van der Waals surface area contributed by atoms with E-state index in [0.29, 0.717) is 0 Å². The lowest BCUT2D eigenvalue weighted by Gasteiger charge is -2.47. The quantitative estimate of drug-likeness (QED) is 0.128. The molecule has 122 heavy (non-hydrogen) atoms. The Kier molecular flexibility index (Phi) is 17.7. The highest BCUT2D eigenvalue weighted by Gasteiger charge is 2.47. The van der Waals surface area contributed by atoms with E-state index in [1.807, 2.05) is 11.3 Å². The van der Waals surface area contributed by atoms with Gasteiger partial charge in [-0.2, -0.15) is 0 Å². The zero-order valence-corrected chi connectivity index (χ0v) is 73.2. The van der Waals surface area contributed by atoms with E-state index < -0.39 is 5.41 Å². The van der Waals surface area contributed by atoms with Gasteiger partial charge in [0.05, 0.1) is 11.4 Å². The van der Waals surface area contributed by atoms with Crippen molar-refractivity contribution in [1.29, 1.82) is 0 Å². The molecule has 0 radical (unpaired) electrons. The molecule has 4 nitrogen and oxygen atoms in total. The zero-order valence-electron chi connectivity index (χ0n) is 72.4. The molecule has 6 heteroatoms. The number of nitrogens with zero attached hydrogens (tertiary/aromatic N) is 2. The van der Waals surface area contributed by atoms with Crippen LogP contribution in [0.4, 0.5) is 34.1 Å². The Balaban J connectivity index is 0.974. The number of benzene rings is 16. The Morgan fingerprint density at radius 2 is 0.607 bits per heavy atom. The molecule has 5 heterocycles. The van der Waals surface area contributed by atoms with Gasteiger partial charge in [0, 0.05) is 86.7 Å². The van der Waals surface area contributed by atoms with Crippen molar-refractivity contribution < 1.29 is 8.83 Å². The Morgan fingerprint density at radius 3 is 1.12 bits per heavy atom. The van der Waals surface area contributed by atoms with E-state index in [-0.39, 0.29) is 28.4 Å². The minimum atomic E-state index is -0.408. The van der Waals surface area contributed by atoms with Crippen molar-refractivity contribution in [2.45, 2.75) is 131 Å². The molecule has 21 rings (SSSR count). The van der Waals surface area contributed by atoms with Gasteiger partial charge in [-0.15, -0.1) is 11.3 Å². The van der Waals surface area contributed by atoms with Crippen LogP contribution in [0.2, 0.25) is 0 Å². The van der Waals surface area contributed by atoms with Crippen molar-refractivity contribution in [3.05, 3.63) is 355 Å². The van der Waals surface area contributed by atoms with E-state index in [1.165, 1.54) is 86.6 Å². The van der Waals surface area contributed by atoms with E-state index in [0.717, 1.165) is 145 Å². The molecule has 0 amide bonds. The predicted octanol–water partition coefficient (Wildman–Crippen LogP) is 31.8. The summed E-state index contributed by atoms with van der Waals surface area (Å²) in [6.45, 7) is 35.4. The van der Waals surface area contributed by atoms with E-state index >= 15 is 0 Å². The maximum atomic E-state index is 7.07. The fourth-order valence-corrected chi connectivity index (χ4v) is 20.5. The van der Waals surface area contributed by atoms with Crippen molar-refractivity contribution >= 4 is 133 Å². The van der Waals surface area contributed by atoms with Crippen LogP contribution >= 0.6 is 11.3 Å². The van der Waals surface area contributed by atoms with Crippen LogP contribution in [0.15, 0.2) is 336 Å². The van der Waals surface area contributed by atoms with Crippen LogP contribution in [0.1, 0.15) is 132 Å². The normalized spacial score (nSPS) is 13.2. The van der Waals surface area contributed by atoms with Gasteiger partial charge in [0.15, 0.2) is 0 Å². The molecule has 0 saturated carbocycles. The monoisotopic (exact) mass is 1590 g/mol. The number of rotatable bonds is 10. The van der Waals surface area contributed by atoms with E-state index in [1.54, 1.807) is 0 Å². The Morgan fingerprint density at radius 1 is 0.230 bits per heavy atom. The lowest BCUT2D eigenvalue weighted by molar-refractivity contribution is 0.569. The Labute approximate surface area is 721 Å². The van der Waals surface area contributed by atoms with Crippen LogP contribution in [-0.4, -0.2) is 6.71 Å². The summed E-state index contributed by atoms with van der Waals surface area (Å²) < 4.78 is 16.6. The molecule has 0 N–H and O–H groups in total. The minimum Gasteiger partial charge on any atom is -0.456 e. The second-order valence-electron chi connectivity index (χ2n) is 39.2. The van der Waals surface area contributed by atoms with Crippen LogP contribution in [-0.2, 0) is 27.1 Å². The zero-order chi connectivity index (χ0) is 83.8. The number of para-hydroxylation sites is 2. The van der Waals surface area contributed by atoms with Crippen LogP contribution in [0.5, 0.6) is 0 Å². The summed E-state index contributed by atoms with van der Waals surface area (Å²) in [5.41, 5.74) is 37.0. The number of furan rings is 2. The molecule has 0 bridgehead atoms. The van der Waals surface area contributed by atoms with Crippen LogP contribution in [0.3, 0.4) is 0 Å². The average molecular weight is 1600 g/mol. The SMILES string of the molecule is CC(C)(C)c1cc(-c2ccc3c(c2)N(c2c(-c4cccc5oc6ccccc6c45)cc(C(C)(C)C)cc2-c2cccc4sc5ccccc5c24)c2cc(C(C)(C)C)cc4c2B3c2cc(-c3cc(-c5ccccc5)cc(-c5ccccc5)c3)ccc2N4c2c(-c3ccccc3)cc(C(C)(C)C)cc2-c2cccc3oc4ccccc4c23)cc(C(C)(C)C)c1. The second-order valence-corrected chi connectivity index (χ2v) is 40.3. The molecule has 0 aliphatic carbocycles. The van der Waals surface area contributed by atoms with Crippen LogP contribution < -0.4 is 26.2 Å². The maximum Gasteiger partial charge on any atom is 0.252 e. The number of hydrogen-bond donors (Lipinski definition) is 0. The summed E-state index contributed by atoms with van der Waals surface area (Å²) in [5, 5.41) is 6.83. The van der Waals surface area contributed by atoms with Crippen molar-refractivity contribution in [1.82, 2.24) is 0 Å². The van der Waals surface area contributed by atoms with Crippen molar-refractivity contribution in [3.63, 3.8) is 0 Å². The highest BCUT2D eigenvalue weighted by atomic mass is 32.1. The summed E-state index contributed by atoms with van der Waals surface area (Å²) in [7, 11) is 0.